The molecule has 0 aliphatic carbocycles. The lowest BCUT2D eigenvalue weighted by atomic mass is 10.0. The van der Waals surface area contributed by atoms with Crippen LogP contribution >= 0.6 is 0 Å². The Hall–Kier alpha value is -0.340. The molecule has 2 N–H and O–H groups in total. The zero-order valence-corrected chi connectivity index (χ0v) is 5.94. The van der Waals surface area contributed by atoms with Crippen molar-refractivity contribution in [1.82, 2.24) is 5.32 Å². The van der Waals surface area contributed by atoms with Gasteiger partial charge in [0.25, 0.3) is 0 Å². The summed E-state index contributed by atoms with van der Waals surface area (Å²) in [6.07, 6.45) is 0.383. The quantitative estimate of drug-likeness (QED) is 0.468. The third kappa shape index (κ3) is 1.32. The number of hydrogen-bond acceptors (Lipinski definition) is 2. The van der Waals surface area contributed by atoms with Gasteiger partial charge in [-0.1, -0.05) is 6.58 Å². The van der Waals surface area contributed by atoms with Crippen LogP contribution in [0.2, 0.25) is 0 Å². The molecule has 1 unspecified atom stereocenters. The van der Waals surface area contributed by atoms with E-state index in [1.54, 1.807) is 0 Å². The van der Waals surface area contributed by atoms with Crippen molar-refractivity contribution in [3.63, 3.8) is 0 Å². The fraction of sp³-hybridized carbons (Fsp3) is 0.714. The topological polar surface area (TPSA) is 32.3 Å². The average Bonchev–Trinajstić information content (AvgIpc) is 1.79. The van der Waals surface area contributed by atoms with Crippen molar-refractivity contribution in [2.24, 2.45) is 0 Å². The maximum atomic E-state index is 9.12. The first-order valence-corrected chi connectivity index (χ1v) is 3.15. The lowest BCUT2D eigenvalue weighted by molar-refractivity contribution is 0.172. The SMILES string of the molecule is C=C1CC(C)(C)NC1O. The highest BCUT2D eigenvalue weighted by atomic mass is 16.3. The predicted octanol–water partition coefficient (Wildman–Crippen LogP) is 0.633. The van der Waals surface area contributed by atoms with E-state index in [1.807, 2.05) is 0 Å². The Bertz CT molecular complexity index is 140. The van der Waals surface area contributed by atoms with Crippen molar-refractivity contribution < 1.29 is 5.11 Å². The van der Waals surface area contributed by atoms with Crippen molar-refractivity contribution in [3.05, 3.63) is 12.2 Å². The maximum Gasteiger partial charge on any atom is 0.127 e. The summed E-state index contributed by atoms with van der Waals surface area (Å²) in [7, 11) is 0. The Morgan fingerprint density at radius 2 is 2.33 bits per heavy atom. The van der Waals surface area contributed by atoms with Crippen molar-refractivity contribution >= 4 is 0 Å². The van der Waals surface area contributed by atoms with Crippen LogP contribution in [0.25, 0.3) is 0 Å². The van der Waals surface area contributed by atoms with Crippen LogP contribution in [0.3, 0.4) is 0 Å². The molecule has 0 bridgehead atoms. The predicted molar refractivity (Wildman–Crippen MR) is 37.0 cm³/mol. The summed E-state index contributed by atoms with van der Waals surface area (Å²) in [5.74, 6) is 0. The maximum absolute atomic E-state index is 9.12. The summed E-state index contributed by atoms with van der Waals surface area (Å²) in [5.41, 5.74) is 0.927. The highest BCUT2D eigenvalue weighted by Gasteiger charge is 2.31. The number of aliphatic hydroxyl groups excluding tert-OH is 1. The minimum Gasteiger partial charge on any atom is -0.375 e. The normalized spacial score (nSPS) is 33.2. The molecule has 1 heterocycles. The molecule has 0 aromatic heterocycles. The molecule has 0 spiro atoms. The number of nitrogens with one attached hydrogen (secondary N) is 1. The van der Waals surface area contributed by atoms with E-state index in [0.29, 0.717) is 0 Å². The Labute approximate surface area is 55.6 Å². The molecular weight excluding hydrogens is 114 g/mol. The molecule has 0 amide bonds. The Kier molecular flexibility index (Phi) is 1.37. The third-order valence-corrected chi connectivity index (χ3v) is 1.58. The van der Waals surface area contributed by atoms with Gasteiger partial charge in [0.2, 0.25) is 0 Å². The van der Waals surface area contributed by atoms with Gasteiger partial charge in [0.05, 0.1) is 0 Å². The smallest absolute Gasteiger partial charge is 0.127 e. The van der Waals surface area contributed by atoms with Gasteiger partial charge in [0.1, 0.15) is 6.23 Å². The molecule has 2 nitrogen and oxygen atoms in total. The monoisotopic (exact) mass is 127 g/mol. The van der Waals surface area contributed by atoms with E-state index in [9.17, 15) is 0 Å². The highest BCUT2D eigenvalue weighted by Crippen LogP contribution is 2.24. The van der Waals surface area contributed by atoms with E-state index >= 15 is 0 Å². The molecule has 1 atom stereocenters. The minimum atomic E-state index is -0.486. The number of hydrogen-bond donors (Lipinski definition) is 2. The zero-order valence-electron chi connectivity index (χ0n) is 5.94. The summed E-state index contributed by atoms with van der Waals surface area (Å²) in [6, 6.07) is 0. The molecule has 52 valence electrons. The lowest BCUT2D eigenvalue weighted by Gasteiger charge is -2.16. The van der Waals surface area contributed by atoms with Crippen molar-refractivity contribution in [1.29, 1.82) is 0 Å². The van der Waals surface area contributed by atoms with Gasteiger partial charge in [-0.05, 0) is 25.8 Å². The van der Waals surface area contributed by atoms with E-state index in [1.165, 1.54) is 0 Å². The Morgan fingerprint density at radius 1 is 1.78 bits per heavy atom. The average molecular weight is 127 g/mol. The molecule has 1 saturated heterocycles. The summed E-state index contributed by atoms with van der Waals surface area (Å²) < 4.78 is 0. The summed E-state index contributed by atoms with van der Waals surface area (Å²) in [4.78, 5) is 0. The summed E-state index contributed by atoms with van der Waals surface area (Å²) >= 11 is 0. The summed E-state index contributed by atoms with van der Waals surface area (Å²) in [5, 5.41) is 12.1. The van der Waals surface area contributed by atoms with E-state index in [4.69, 9.17) is 5.11 Å². The van der Waals surface area contributed by atoms with Gasteiger partial charge in [0.15, 0.2) is 0 Å². The summed E-state index contributed by atoms with van der Waals surface area (Å²) in [6.45, 7) is 7.82. The third-order valence-electron chi connectivity index (χ3n) is 1.58. The molecular formula is C7H13NO. The molecule has 0 aromatic carbocycles. The van der Waals surface area contributed by atoms with Crippen LogP contribution in [0.5, 0.6) is 0 Å². The van der Waals surface area contributed by atoms with Crippen molar-refractivity contribution in [3.8, 4) is 0 Å². The fourth-order valence-electron chi connectivity index (χ4n) is 1.19. The van der Waals surface area contributed by atoms with E-state index in [2.05, 4.69) is 25.7 Å². The largest absolute Gasteiger partial charge is 0.375 e. The molecule has 1 rings (SSSR count). The Balaban J connectivity index is 2.65. The number of aliphatic hydroxyl groups is 1. The van der Waals surface area contributed by atoms with Crippen LogP contribution in [0.1, 0.15) is 20.3 Å². The molecule has 1 fully saturated rings. The molecule has 1 aliphatic rings. The van der Waals surface area contributed by atoms with Gasteiger partial charge >= 0.3 is 0 Å². The number of rotatable bonds is 0. The second-order valence-electron chi connectivity index (χ2n) is 3.27. The zero-order chi connectivity index (χ0) is 7.07. The second kappa shape index (κ2) is 1.82. The van der Waals surface area contributed by atoms with Crippen LogP contribution in [-0.2, 0) is 0 Å². The molecule has 0 aromatic rings. The fourth-order valence-corrected chi connectivity index (χ4v) is 1.19. The Morgan fingerprint density at radius 3 is 2.44 bits per heavy atom. The van der Waals surface area contributed by atoms with Crippen LogP contribution in [0, 0.1) is 0 Å². The molecule has 1 aliphatic heterocycles. The van der Waals surface area contributed by atoms with Gasteiger partial charge in [-0.25, -0.2) is 0 Å². The van der Waals surface area contributed by atoms with Gasteiger partial charge in [-0.2, -0.15) is 0 Å². The minimum absolute atomic E-state index is 0.0382. The molecule has 0 saturated carbocycles. The van der Waals surface area contributed by atoms with Crippen LogP contribution in [-0.4, -0.2) is 16.9 Å². The van der Waals surface area contributed by atoms with Crippen molar-refractivity contribution in [2.45, 2.75) is 32.0 Å². The second-order valence-corrected chi connectivity index (χ2v) is 3.27. The van der Waals surface area contributed by atoms with E-state index in [-0.39, 0.29) is 5.54 Å². The van der Waals surface area contributed by atoms with Gasteiger partial charge in [-0.3, -0.25) is 5.32 Å². The molecule has 2 heteroatoms. The van der Waals surface area contributed by atoms with Crippen LogP contribution < -0.4 is 5.32 Å². The van der Waals surface area contributed by atoms with Gasteiger partial charge in [-0.15, -0.1) is 0 Å². The molecule has 0 radical (unpaired) electrons. The van der Waals surface area contributed by atoms with E-state index in [0.717, 1.165) is 12.0 Å². The lowest BCUT2D eigenvalue weighted by Crippen LogP contribution is -2.37. The first-order valence-electron chi connectivity index (χ1n) is 3.15. The van der Waals surface area contributed by atoms with Gasteiger partial charge < -0.3 is 5.11 Å². The standard InChI is InChI=1S/C7H13NO/c1-5-4-7(2,3)8-6(5)9/h6,8-9H,1,4H2,2-3H3. The molecule has 9 heavy (non-hydrogen) atoms. The van der Waals surface area contributed by atoms with Crippen LogP contribution in [0.4, 0.5) is 0 Å². The first-order chi connectivity index (χ1) is 4.01. The van der Waals surface area contributed by atoms with Crippen molar-refractivity contribution in [2.75, 3.05) is 0 Å². The van der Waals surface area contributed by atoms with Gasteiger partial charge in [0, 0.05) is 5.54 Å². The van der Waals surface area contributed by atoms with E-state index < -0.39 is 6.23 Å². The highest BCUT2D eigenvalue weighted by molar-refractivity contribution is 5.13. The first kappa shape index (κ1) is 6.78. The van der Waals surface area contributed by atoms with Crippen LogP contribution in [0.15, 0.2) is 12.2 Å².